The van der Waals surface area contributed by atoms with Crippen LogP contribution in [0.15, 0.2) is 22.7 Å². The van der Waals surface area contributed by atoms with Gasteiger partial charge < -0.3 is 5.32 Å². The lowest BCUT2D eigenvalue weighted by molar-refractivity contribution is -0.137. The Labute approximate surface area is 113 Å². The van der Waals surface area contributed by atoms with E-state index >= 15 is 0 Å². The molecule has 1 aliphatic rings. The molecule has 0 aromatic heterocycles. The lowest BCUT2D eigenvalue weighted by atomic mass is 10.1. The Morgan fingerprint density at radius 1 is 1.39 bits per heavy atom. The van der Waals surface area contributed by atoms with E-state index in [0.717, 1.165) is 24.5 Å². The van der Waals surface area contributed by atoms with Gasteiger partial charge in [-0.3, -0.25) is 0 Å². The fourth-order valence-corrected chi connectivity index (χ4v) is 2.35. The van der Waals surface area contributed by atoms with E-state index in [2.05, 4.69) is 21.2 Å². The van der Waals surface area contributed by atoms with Crippen LogP contribution < -0.4 is 5.32 Å². The van der Waals surface area contributed by atoms with Crippen LogP contribution in [0.3, 0.4) is 0 Å². The number of nitrogens with one attached hydrogen (secondary N) is 1. The Kier molecular flexibility index (Phi) is 3.90. The van der Waals surface area contributed by atoms with E-state index < -0.39 is 11.7 Å². The predicted octanol–water partition coefficient (Wildman–Crippen LogP) is 5.07. The van der Waals surface area contributed by atoms with Gasteiger partial charge in [0.25, 0.3) is 0 Å². The largest absolute Gasteiger partial charge is 0.416 e. The van der Waals surface area contributed by atoms with E-state index in [1.165, 1.54) is 18.9 Å². The maximum absolute atomic E-state index is 12.6. The van der Waals surface area contributed by atoms with Gasteiger partial charge in [-0.25, -0.2) is 0 Å². The number of alkyl halides is 3. The summed E-state index contributed by atoms with van der Waals surface area (Å²) >= 11 is 3.28. The minimum absolute atomic E-state index is 0.192. The zero-order valence-corrected chi connectivity index (χ0v) is 11.6. The van der Waals surface area contributed by atoms with Crippen LogP contribution in [0.1, 0.15) is 31.7 Å². The molecule has 1 fully saturated rings. The summed E-state index contributed by atoms with van der Waals surface area (Å²) < 4.78 is 38.5. The molecular formula is C13H15BrF3N. The van der Waals surface area contributed by atoms with E-state index in [-0.39, 0.29) is 6.04 Å². The highest BCUT2D eigenvalue weighted by molar-refractivity contribution is 9.10. The van der Waals surface area contributed by atoms with E-state index in [4.69, 9.17) is 0 Å². The zero-order valence-electron chi connectivity index (χ0n) is 10.0. The molecule has 0 radical (unpaired) electrons. The van der Waals surface area contributed by atoms with Gasteiger partial charge in [0.2, 0.25) is 0 Å². The van der Waals surface area contributed by atoms with Gasteiger partial charge in [0.05, 0.1) is 5.56 Å². The van der Waals surface area contributed by atoms with Crippen molar-refractivity contribution in [1.82, 2.24) is 0 Å². The summed E-state index contributed by atoms with van der Waals surface area (Å²) in [5, 5.41) is 3.15. The SMILES string of the molecule is CC(CC1CC1)Nc1cc(C(F)(F)F)ccc1Br. The van der Waals surface area contributed by atoms with Crippen molar-refractivity contribution in [3.8, 4) is 0 Å². The Bertz CT molecular complexity index is 427. The quantitative estimate of drug-likeness (QED) is 0.816. The highest BCUT2D eigenvalue weighted by atomic mass is 79.9. The number of hydrogen-bond acceptors (Lipinski definition) is 1. The van der Waals surface area contributed by atoms with Crippen LogP contribution in [-0.2, 0) is 6.18 Å². The molecule has 5 heteroatoms. The number of benzene rings is 1. The Morgan fingerprint density at radius 2 is 2.06 bits per heavy atom. The maximum atomic E-state index is 12.6. The van der Waals surface area contributed by atoms with Gasteiger partial charge >= 0.3 is 6.18 Å². The molecule has 0 bridgehead atoms. The van der Waals surface area contributed by atoms with Crippen LogP contribution in [0.4, 0.5) is 18.9 Å². The monoisotopic (exact) mass is 321 g/mol. The van der Waals surface area contributed by atoms with Crippen LogP contribution in [-0.4, -0.2) is 6.04 Å². The second-order valence-electron chi connectivity index (χ2n) is 4.92. The fraction of sp³-hybridized carbons (Fsp3) is 0.538. The molecular weight excluding hydrogens is 307 g/mol. The summed E-state index contributed by atoms with van der Waals surface area (Å²) in [5.41, 5.74) is -0.107. The Morgan fingerprint density at radius 3 is 2.61 bits per heavy atom. The van der Waals surface area contributed by atoms with Gasteiger partial charge in [-0.05, 0) is 53.4 Å². The first-order valence-electron chi connectivity index (χ1n) is 5.99. The van der Waals surface area contributed by atoms with Crippen molar-refractivity contribution >= 4 is 21.6 Å². The summed E-state index contributed by atoms with van der Waals surface area (Å²) in [6, 6.07) is 3.88. The standard InChI is InChI=1S/C13H15BrF3N/c1-8(6-9-2-3-9)18-12-7-10(13(15,16)17)4-5-11(12)14/h4-5,7-9,18H,2-3,6H2,1H3. The average molecular weight is 322 g/mol. The average Bonchev–Trinajstić information content (AvgIpc) is 3.03. The van der Waals surface area contributed by atoms with E-state index in [1.54, 1.807) is 0 Å². The van der Waals surface area contributed by atoms with Crippen LogP contribution in [0.5, 0.6) is 0 Å². The van der Waals surface area contributed by atoms with Crippen LogP contribution in [0.25, 0.3) is 0 Å². The fourth-order valence-electron chi connectivity index (χ4n) is 1.99. The molecule has 0 saturated heterocycles. The highest BCUT2D eigenvalue weighted by Crippen LogP contribution is 2.36. The normalized spacial score (nSPS) is 17.6. The van der Waals surface area contributed by atoms with Gasteiger partial charge in [-0.2, -0.15) is 13.2 Å². The number of halogens is 4. The molecule has 1 aromatic carbocycles. The molecule has 0 aliphatic heterocycles. The van der Waals surface area contributed by atoms with Crippen molar-refractivity contribution in [2.75, 3.05) is 5.32 Å². The summed E-state index contributed by atoms with van der Waals surface area (Å²) in [7, 11) is 0. The minimum Gasteiger partial charge on any atom is -0.382 e. The van der Waals surface area contributed by atoms with Crippen molar-refractivity contribution in [2.45, 2.75) is 38.4 Å². The lowest BCUT2D eigenvalue weighted by Gasteiger charge is -2.17. The predicted molar refractivity (Wildman–Crippen MR) is 69.6 cm³/mol. The topological polar surface area (TPSA) is 12.0 Å². The van der Waals surface area contributed by atoms with Gasteiger partial charge in [0, 0.05) is 16.2 Å². The first-order chi connectivity index (χ1) is 8.36. The second kappa shape index (κ2) is 5.11. The number of rotatable bonds is 4. The molecule has 1 aliphatic carbocycles. The molecule has 1 atom stereocenters. The highest BCUT2D eigenvalue weighted by Gasteiger charge is 2.31. The summed E-state index contributed by atoms with van der Waals surface area (Å²) in [6.07, 6.45) is -0.787. The molecule has 1 saturated carbocycles. The molecule has 1 N–H and O–H groups in total. The van der Waals surface area contributed by atoms with Crippen molar-refractivity contribution < 1.29 is 13.2 Å². The van der Waals surface area contributed by atoms with Crippen LogP contribution in [0.2, 0.25) is 0 Å². The van der Waals surface area contributed by atoms with Crippen molar-refractivity contribution in [3.63, 3.8) is 0 Å². The van der Waals surface area contributed by atoms with Crippen molar-refractivity contribution in [2.24, 2.45) is 5.92 Å². The molecule has 100 valence electrons. The van der Waals surface area contributed by atoms with Crippen LogP contribution >= 0.6 is 15.9 Å². The third-order valence-electron chi connectivity index (χ3n) is 3.08. The molecule has 2 rings (SSSR count). The Hall–Kier alpha value is -0.710. The van der Waals surface area contributed by atoms with Gasteiger partial charge in [0.15, 0.2) is 0 Å². The third kappa shape index (κ3) is 3.64. The molecule has 18 heavy (non-hydrogen) atoms. The number of anilines is 1. The van der Waals surface area contributed by atoms with Crippen LogP contribution in [0, 0.1) is 5.92 Å². The first kappa shape index (κ1) is 13.7. The van der Waals surface area contributed by atoms with Gasteiger partial charge in [0.1, 0.15) is 0 Å². The molecule has 1 aromatic rings. The maximum Gasteiger partial charge on any atom is 0.416 e. The minimum atomic E-state index is -4.29. The second-order valence-corrected chi connectivity index (χ2v) is 5.77. The van der Waals surface area contributed by atoms with E-state index in [9.17, 15) is 13.2 Å². The Balaban J connectivity index is 2.10. The molecule has 1 unspecified atom stereocenters. The molecule has 0 heterocycles. The number of hydrogen-bond donors (Lipinski definition) is 1. The van der Waals surface area contributed by atoms with Gasteiger partial charge in [-0.1, -0.05) is 12.8 Å². The van der Waals surface area contributed by atoms with Crippen molar-refractivity contribution in [1.29, 1.82) is 0 Å². The molecule has 0 amide bonds. The third-order valence-corrected chi connectivity index (χ3v) is 3.77. The summed E-state index contributed by atoms with van der Waals surface area (Å²) in [6.45, 7) is 2.00. The zero-order chi connectivity index (χ0) is 13.3. The lowest BCUT2D eigenvalue weighted by Crippen LogP contribution is -2.17. The summed E-state index contributed by atoms with van der Waals surface area (Å²) in [5.74, 6) is 0.747. The van der Waals surface area contributed by atoms with Gasteiger partial charge in [-0.15, -0.1) is 0 Å². The summed E-state index contributed by atoms with van der Waals surface area (Å²) in [4.78, 5) is 0. The molecule has 0 spiro atoms. The smallest absolute Gasteiger partial charge is 0.382 e. The van der Waals surface area contributed by atoms with E-state index in [0.29, 0.717) is 10.2 Å². The van der Waals surface area contributed by atoms with Crippen molar-refractivity contribution in [3.05, 3.63) is 28.2 Å². The van der Waals surface area contributed by atoms with E-state index in [1.807, 2.05) is 6.92 Å². The molecule has 1 nitrogen and oxygen atoms in total. The first-order valence-corrected chi connectivity index (χ1v) is 6.79.